The summed E-state index contributed by atoms with van der Waals surface area (Å²) in [6.45, 7) is 1.70. The lowest BCUT2D eigenvalue weighted by atomic mass is 10.3. The van der Waals surface area contributed by atoms with Gasteiger partial charge in [0.1, 0.15) is 11.4 Å². The lowest BCUT2D eigenvalue weighted by Crippen LogP contribution is -2.12. The van der Waals surface area contributed by atoms with Crippen molar-refractivity contribution in [2.24, 2.45) is 10.7 Å². The Hall–Kier alpha value is -1.85. The summed E-state index contributed by atoms with van der Waals surface area (Å²) < 4.78 is 0. The normalized spacial score (nSPS) is 10.8. The van der Waals surface area contributed by atoms with Crippen LogP contribution in [0.1, 0.15) is 17.3 Å². The molecule has 0 radical (unpaired) electrons. The smallest absolute Gasteiger partial charge is 0.256 e. The van der Waals surface area contributed by atoms with E-state index in [-0.39, 0.29) is 17.2 Å². The summed E-state index contributed by atoms with van der Waals surface area (Å²) in [5.41, 5.74) is 10.5. The lowest BCUT2D eigenvalue weighted by Gasteiger charge is -1.91. The number of aliphatic imine (C=N–C) groups is 1. The second-order valence-electron chi connectivity index (χ2n) is 2.09. The molecule has 0 aliphatic carbocycles. The number of nitrogens with one attached hydrogen (secondary N) is 1. The highest BCUT2D eigenvalue weighted by atomic mass is 16.1. The molecule has 0 aliphatic rings. The number of nitrogens with two attached hydrogens (primary N) is 2. The number of carbonyl (C=O) groups is 1. The topological polar surface area (TPSA) is 110 Å². The van der Waals surface area contributed by atoms with Crippen molar-refractivity contribution in [3.8, 4) is 0 Å². The molecule has 0 bridgehead atoms. The van der Waals surface area contributed by atoms with Gasteiger partial charge in [0.25, 0.3) is 5.91 Å². The van der Waals surface area contributed by atoms with Gasteiger partial charge in [-0.2, -0.15) is 5.10 Å². The van der Waals surface area contributed by atoms with E-state index in [1.54, 1.807) is 6.92 Å². The quantitative estimate of drug-likeness (QED) is 0.531. The Morgan fingerprint density at radius 1 is 1.75 bits per heavy atom. The molecule has 0 saturated heterocycles. The number of H-pyrrole nitrogens is 1. The van der Waals surface area contributed by atoms with Crippen LogP contribution < -0.4 is 11.5 Å². The number of carbonyl (C=O) groups excluding carboxylic acids is 1. The molecular weight excluding hydrogens is 158 g/mol. The van der Waals surface area contributed by atoms with Crippen LogP contribution in [-0.2, 0) is 0 Å². The van der Waals surface area contributed by atoms with Crippen LogP contribution >= 0.6 is 0 Å². The molecule has 6 heteroatoms. The minimum atomic E-state index is -0.637. The minimum Gasteiger partial charge on any atom is -0.383 e. The van der Waals surface area contributed by atoms with E-state index in [0.29, 0.717) is 0 Å². The van der Waals surface area contributed by atoms with Gasteiger partial charge in [-0.3, -0.25) is 9.89 Å². The number of aromatic amines is 1. The number of hydrogen-bond acceptors (Lipinski definition) is 4. The van der Waals surface area contributed by atoms with E-state index in [1.165, 1.54) is 6.21 Å². The third-order valence-corrected chi connectivity index (χ3v) is 1.27. The summed E-state index contributed by atoms with van der Waals surface area (Å²) in [7, 11) is 0. The molecule has 0 atom stereocenters. The van der Waals surface area contributed by atoms with Crippen LogP contribution in [0.3, 0.4) is 0 Å². The second-order valence-corrected chi connectivity index (χ2v) is 2.09. The van der Waals surface area contributed by atoms with Crippen molar-refractivity contribution in [1.29, 1.82) is 0 Å². The Kier molecular flexibility index (Phi) is 2.09. The number of rotatable bonds is 2. The molecule has 1 amide bonds. The highest BCUT2D eigenvalue weighted by Crippen LogP contribution is 2.19. The van der Waals surface area contributed by atoms with E-state index < -0.39 is 5.91 Å². The van der Waals surface area contributed by atoms with Crippen molar-refractivity contribution in [2.75, 3.05) is 5.73 Å². The molecule has 1 aromatic heterocycles. The number of nitrogens with zero attached hydrogens (tertiary/aromatic N) is 2. The highest BCUT2D eigenvalue weighted by Gasteiger charge is 2.14. The van der Waals surface area contributed by atoms with Gasteiger partial charge in [0.15, 0.2) is 5.82 Å². The first-order chi connectivity index (χ1) is 5.66. The second kappa shape index (κ2) is 3.04. The minimum absolute atomic E-state index is 0.133. The first-order valence-electron chi connectivity index (χ1n) is 3.29. The Morgan fingerprint density at radius 2 is 2.42 bits per heavy atom. The van der Waals surface area contributed by atoms with Gasteiger partial charge < -0.3 is 11.5 Å². The molecule has 0 unspecified atom stereocenters. The van der Waals surface area contributed by atoms with Gasteiger partial charge in [0.05, 0.1) is 0 Å². The first-order valence-corrected chi connectivity index (χ1v) is 3.29. The third kappa shape index (κ3) is 1.26. The predicted octanol–water partition coefficient (Wildman–Crippen LogP) is -0.187. The predicted molar refractivity (Wildman–Crippen MR) is 45.3 cm³/mol. The van der Waals surface area contributed by atoms with Crippen LogP contribution in [0.4, 0.5) is 11.6 Å². The maximum atomic E-state index is 10.8. The zero-order valence-corrected chi connectivity index (χ0v) is 6.53. The molecule has 0 aromatic carbocycles. The van der Waals surface area contributed by atoms with E-state index in [1.807, 2.05) is 0 Å². The standard InChI is InChI=1S/C6H9N5O/c1-2-9-6-3(5(8)12)4(7)10-11-6/h2H,1H3,(H2,8,12)(H3,7,10,11). The summed E-state index contributed by atoms with van der Waals surface area (Å²) in [5.74, 6) is -0.271. The van der Waals surface area contributed by atoms with Gasteiger partial charge in [-0.15, -0.1) is 0 Å². The Labute approximate surface area is 68.7 Å². The zero-order chi connectivity index (χ0) is 9.14. The van der Waals surface area contributed by atoms with Gasteiger partial charge in [-0.05, 0) is 6.92 Å². The van der Waals surface area contributed by atoms with Gasteiger partial charge >= 0.3 is 0 Å². The van der Waals surface area contributed by atoms with Crippen LogP contribution in [0, 0.1) is 0 Å². The van der Waals surface area contributed by atoms with Crippen LogP contribution in [0.15, 0.2) is 4.99 Å². The van der Waals surface area contributed by atoms with Crippen molar-refractivity contribution >= 4 is 23.8 Å². The van der Waals surface area contributed by atoms with E-state index in [2.05, 4.69) is 15.2 Å². The van der Waals surface area contributed by atoms with E-state index >= 15 is 0 Å². The monoisotopic (exact) mass is 167 g/mol. The average molecular weight is 167 g/mol. The summed E-state index contributed by atoms with van der Waals surface area (Å²) >= 11 is 0. The maximum absolute atomic E-state index is 10.8. The van der Waals surface area contributed by atoms with Gasteiger partial charge in [0, 0.05) is 6.21 Å². The number of primary amides is 1. The van der Waals surface area contributed by atoms with Gasteiger partial charge in [-0.1, -0.05) is 0 Å². The molecule has 1 aromatic rings. The van der Waals surface area contributed by atoms with E-state index in [4.69, 9.17) is 11.5 Å². The van der Waals surface area contributed by atoms with Gasteiger partial charge in [0.2, 0.25) is 0 Å². The molecule has 64 valence electrons. The summed E-state index contributed by atoms with van der Waals surface area (Å²) in [5, 5.41) is 6.09. The number of nitrogen functional groups attached to an aromatic ring is 1. The summed E-state index contributed by atoms with van der Waals surface area (Å²) in [6, 6.07) is 0. The summed E-state index contributed by atoms with van der Waals surface area (Å²) in [4.78, 5) is 14.6. The highest BCUT2D eigenvalue weighted by molar-refractivity contribution is 6.01. The van der Waals surface area contributed by atoms with Crippen LogP contribution in [0.2, 0.25) is 0 Å². The largest absolute Gasteiger partial charge is 0.383 e. The van der Waals surface area contributed by atoms with Crippen molar-refractivity contribution in [3.05, 3.63) is 5.56 Å². The molecule has 0 saturated carbocycles. The molecule has 0 fully saturated rings. The lowest BCUT2D eigenvalue weighted by molar-refractivity contribution is 0.100. The molecule has 5 N–H and O–H groups in total. The molecule has 0 spiro atoms. The Morgan fingerprint density at radius 3 is 2.92 bits per heavy atom. The Balaban J connectivity index is 3.21. The third-order valence-electron chi connectivity index (χ3n) is 1.27. The van der Waals surface area contributed by atoms with E-state index in [9.17, 15) is 4.79 Å². The fourth-order valence-corrected chi connectivity index (χ4v) is 0.804. The number of amides is 1. The zero-order valence-electron chi connectivity index (χ0n) is 6.53. The molecular formula is C6H9N5O. The number of anilines is 1. The molecule has 1 rings (SSSR count). The molecule has 0 aliphatic heterocycles. The van der Waals surface area contributed by atoms with Crippen LogP contribution in [0.5, 0.6) is 0 Å². The summed E-state index contributed by atoms with van der Waals surface area (Å²) in [6.07, 6.45) is 1.50. The van der Waals surface area contributed by atoms with Crippen LogP contribution in [-0.4, -0.2) is 22.3 Å². The Bertz CT molecular complexity index is 327. The fourth-order valence-electron chi connectivity index (χ4n) is 0.804. The first kappa shape index (κ1) is 8.25. The van der Waals surface area contributed by atoms with Gasteiger partial charge in [-0.25, -0.2) is 4.99 Å². The van der Waals surface area contributed by atoms with E-state index in [0.717, 1.165) is 0 Å². The fraction of sp³-hybridized carbons (Fsp3) is 0.167. The average Bonchev–Trinajstić information content (AvgIpc) is 2.32. The SMILES string of the molecule is CC=Nc1n[nH]c(N)c1C(N)=O. The number of hydrogen-bond donors (Lipinski definition) is 3. The molecule has 6 nitrogen and oxygen atoms in total. The number of aromatic nitrogens is 2. The van der Waals surface area contributed by atoms with Crippen LogP contribution in [0.25, 0.3) is 0 Å². The van der Waals surface area contributed by atoms with Crippen molar-refractivity contribution < 1.29 is 4.79 Å². The van der Waals surface area contributed by atoms with Crippen molar-refractivity contribution in [2.45, 2.75) is 6.92 Å². The van der Waals surface area contributed by atoms with Crippen molar-refractivity contribution in [1.82, 2.24) is 10.2 Å². The molecule has 1 heterocycles. The molecule has 12 heavy (non-hydrogen) atoms. The van der Waals surface area contributed by atoms with Crippen molar-refractivity contribution in [3.63, 3.8) is 0 Å². The maximum Gasteiger partial charge on any atom is 0.256 e.